The molecule has 0 amide bonds. The number of anilines is 1. The summed E-state index contributed by atoms with van der Waals surface area (Å²) >= 11 is 5.26. The number of non-ortho nitro benzene ring substituents is 1. The molecule has 0 heterocycles. The van der Waals surface area contributed by atoms with Crippen molar-refractivity contribution in [2.75, 3.05) is 12.4 Å². The summed E-state index contributed by atoms with van der Waals surface area (Å²) in [5.74, 6) is -0.292. The second-order valence-electron chi connectivity index (χ2n) is 4.72. The first-order valence-electron chi connectivity index (χ1n) is 6.47. The second kappa shape index (κ2) is 6.95. The first-order chi connectivity index (χ1) is 10.5. The monoisotopic (exact) mass is 319 g/mol. The van der Waals surface area contributed by atoms with Gasteiger partial charge in [0.15, 0.2) is 5.11 Å². The molecule has 0 bridgehead atoms. The van der Waals surface area contributed by atoms with Gasteiger partial charge < -0.3 is 10.2 Å². The molecular formula is C15H14FN3O2S. The van der Waals surface area contributed by atoms with Crippen LogP contribution in [0.1, 0.15) is 5.56 Å². The maximum Gasteiger partial charge on any atom is 0.269 e. The predicted octanol–water partition coefficient (Wildman–Crippen LogP) is 3.56. The standard InChI is InChI=1S/C15H14FN3O2S/c1-18(10-11-3-2-4-12(16)9-11)15(22)17-13-5-7-14(8-6-13)19(20)21/h2-9H,10H2,1H3,(H,17,22). The molecular weight excluding hydrogens is 305 g/mol. The summed E-state index contributed by atoms with van der Waals surface area (Å²) in [7, 11) is 1.78. The number of halogens is 1. The molecule has 0 aliphatic carbocycles. The smallest absolute Gasteiger partial charge is 0.269 e. The zero-order valence-corrected chi connectivity index (χ0v) is 12.6. The number of nitro groups is 1. The van der Waals surface area contributed by atoms with Crippen molar-refractivity contribution < 1.29 is 9.31 Å². The quantitative estimate of drug-likeness (QED) is 0.530. The van der Waals surface area contributed by atoms with Crippen LogP contribution in [0.4, 0.5) is 15.8 Å². The Kier molecular flexibility index (Phi) is 5.00. The number of thiocarbonyl (C=S) groups is 1. The molecule has 0 spiro atoms. The summed E-state index contributed by atoms with van der Waals surface area (Å²) < 4.78 is 13.1. The van der Waals surface area contributed by atoms with Crippen molar-refractivity contribution in [3.63, 3.8) is 0 Å². The Hall–Kier alpha value is -2.54. The van der Waals surface area contributed by atoms with Crippen LogP contribution in [0, 0.1) is 15.9 Å². The third-order valence-corrected chi connectivity index (χ3v) is 3.40. The summed E-state index contributed by atoms with van der Waals surface area (Å²) in [5, 5.41) is 14.0. The van der Waals surface area contributed by atoms with Crippen LogP contribution in [0.2, 0.25) is 0 Å². The Labute approximate surface area is 132 Å². The molecule has 0 radical (unpaired) electrons. The molecule has 0 saturated carbocycles. The molecule has 7 heteroatoms. The maximum atomic E-state index is 13.1. The van der Waals surface area contributed by atoms with Gasteiger partial charge in [0.2, 0.25) is 0 Å². The van der Waals surface area contributed by atoms with E-state index in [-0.39, 0.29) is 11.5 Å². The van der Waals surface area contributed by atoms with E-state index in [1.165, 1.54) is 24.3 Å². The number of nitro benzene ring substituents is 1. The van der Waals surface area contributed by atoms with Gasteiger partial charge in [-0.2, -0.15) is 0 Å². The average molecular weight is 319 g/mol. The van der Waals surface area contributed by atoms with Gasteiger partial charge in [0.1, 0.15) is 5.82 Å². The van der Waals surface area contributed by atoms with Crippen LogP contribution in [0.5, 0.6) is 0 Å². The summed E-state index contributed by atoms with van der Waals surface area (Å²) in [6, 6.07) is 12.3. The van der Waals surface area contributed by atoms with Gasteiger partial charge in [0.25, 0.3) is 5.69 Å². The Morgan fingerprint density at radius 1 is 1.32 bits per heavy atom. The molecule has 2 rings (SSSR count). The van der Waals surface area contributed by atoms with Gasteiger partial charge in [0.05, 0.1) is 4.92 Å². The molecule has 0 atom stereocenters. The minimum atomic E-state index is -0.460. The molecule has 0 aliphatic rings. The molecule has 114 valence electrons. The minimum absolute atomic E-state index is 0.0181. The Morgan fingerprint density at radius 2 is 2.00 bits per heavy atom. The van der Waals surface area contributed by atoms with Gasteiger partial charge in [-0.05, 0) is 42.0 Å². The molecule has 0 fully saturated rings. The van der Waals surface area contributed by atoms with Crippen LogP contribution in [0.15, 0.2) is 48.5 Å². The van der Waals surface area contributed by atoms with E-state index < -0.39 is 4.92 Å². The van der Waals surface area contributed by atoms with Gasteiger partial charge in [-0.1, -0.05) is 12.1 Å². The van der Waals surface area contributed by atoms with E-state index >= 15 is 0 Å². The number of nitrogens with zero attached hydrogens (tertiary/aromatic N) is 2. The Balaban J connectivity index is 1.97. The van der Waals surface area contributed by atoms with Crippen molar-refractivity contribution in [1.29, 1.82) is 0 Å². The summed E-state index contributed by atoms with van der Waals surface area (Å²) in [4.78, 5) is 11.9. The zero-order valence-electron chi connectivity index (χ0n) is 11.8. The van der Waals surface area contributed by atoms with Crippen LogP contribution in [-0.2, 0) is 6.54 Å². The lowest BCUT2D eigenvalue weighted by atomic mass is 10.2. The van der Waals surface area contributed by atoms with Crippen molar-refractivity contribution in [2.24, 2.45) is 0 Å². The lowest BCUT2D eigenvalue weighted by molar-refractivity contribution is -0.384. The zero-order chi connectivity index (χ0) is 16.1. The van der Waals surface area contributed by atoms with Crippen LogP contribution < -0.4 is 5.32 Å². The van der Waals surface area contributed by atoms with Gasteiger partial charge in [-0.3, -0.25) is 10.1 Å². The first kappa shape index (κ1) is 15.8. The van der Waals surface area contributed by atoms with Gasteiger partial charge in [-0.25, -0.2) is 4.39 Å². The summed E-state index contributed by atoms with van der Waals surface area (Å²) in [5.41, 5.74) is 1.47. The normalized spacial score (nSPS) is 10.1. The third kappa shape index (κ3) is 4.23. The summed E-state index contributed by atoms with van der Waals surface area (Å²) in [6.07, 6.45) is 0. The molecule has 0 aromatic heterocycles. The Bertz CT molecular complexity index is 691. The van der Waals surface area contributed by atoms with Gasteiger partial charge in [0, 0.05) is 31.4 Å². The van der Waals surface area contributed by atoms with Gasteiger partial charge >= 0.3 is 0 Å². The van der Waals surface area contributed by atoms with Crippen LogP contribution in [0.25, 0.3) is 0 Å². The molecule has 0 saturated heterocycles. The fraction of sp³-hybridized carbons (Fsp3) is 0.133. The highest BCUT2D eigenvalue weighted by molar-refractivity contribution is 7.80. The van der Waals surface area contributed by atoms with Gasteiger partial charge in [-0.15, -0.1) is 0 Å². The SMILES string of the molecule is CN(Cc1cccc(F)c1)C(=S)Nc1ccc([N+](=O)[O-])cc1. The predicted molar refractivity (Wildman–Crippen MR) is 87.2 cm³/mol. The van der Waals surface area contributed by atoms with E-state index in [1.807, 2.05) is 6.07 Å². The fourth-order valence-corrected chi connectivity index (χ4v) is 2.05. The molecule has 5 nitrogen and oxygen atoms in total. The number of rotatable bonds is 4. The molecule has 2 aromatic rings. The molecule has 2 aromatic carbocycles. The lowest BCUT2D eigenvalue weighted by Crippen LogP contribution is -2.30. The number of nitrogens with one attached hydrogen (secondary N) is 1. The van der Waals surface area contributed by atoms with E-state index in [9.17, 15) is 14.5 Å². The first-order valence-corrected chi connectivity index (χ1v) is 6.87. The highest BCUT2D eigenvalue weighted by Crippen LogP contribution is 2.16. The highest BCUT2D eigenvalue weighted by Gasteiger charge is 2.08. The van der Waals surface area contributed by atoms with Crippen molar-refractivity contribution in [3.8, 4) is 0 Å². The fourth-order valence-electron chi connectivity index (χ4n) is 1.87. The minimum Gasteiger partial charge on any atom is -0.348 e. The van der Waals surface area contributed by atoms with E-state index in [0.29, 0.717) is 17.3 Å². The maximum absolute atomic E-state index is 13.1. The van der Waals surface area contributed by atoms with Crippen LogP contribution in [0.3, 0.4) is 0 Å². The lowest BCUT2D eigenvalue weighted by Gasteiger charge is -2.21. The largest absolute Gasteiger partial charge is 0.348 e. The third-order valence-electron chi connectivity index (χ3n) is 2.98. The van der Waals surface area contributed by atoms with Crippen molar-refractivity contribution >= 4 is 28.7 Å². The number of hydrogen-bond donors (Lipinski definition) is 1. The van der Waals surface area contributed by atoms with E-state index in [2.05, 4.69) is 5.32 Å². The molecule has 22 heavy (non-hydrogen) atoms. The molecule has 1 N–H and O–H groups in total. The highest BCUT2D eigenvalue weighted by atomic mass is 32.1. The van der Waals surface area contributed by atoms with Crippen LogP contribution in [-0.4, -0.2) is 22.0 Å². The second-order valence-corrected chi connectivity index (χ2v) is 5.11. The topological polar surface area (TPSA) is 58.4 Å². The average Bonchev–Trinajstić information content (AvgIpc) is 2.47. The van der Waals surface area contributed by atoms with Crippen molar-refractivity contribution in [1.82, 2.24) is 4.90 Å². The number of benzene rings is 2. The molecule has 0 unspecified atom stereocenters. The van der Waals surface area contributed by atoms with Crippen molar-refractivity contribution in [2.45, 2.75) is 6.54 Å². The Morgan fingerprint density at radius 3 is 2.59 bits per heavy atom. The molecule has 0 aliphatic heterocycles. The number of hydrogen-bond acceptors (Lipinski definition) is 3. The van der Waals surface area contributed by atoms with Crippen molar-refractivity contribution in [3.05, 3.63) is 70.0 Å². The van der Waals surface area contributed by atoms with Crippen LogP contribution >= 0.6 is 12.2 Å². The van der Waals surface area contributed by atoms with E-state index in [4.69, 9.17) is 12.2 Å². The van der Waals surface area contributed by atoms with E-state index in [0.717, 1.165) is 5.56 Å². The summed E-state index contributed by atoms with van der Waals surface area (Å²) in [6.45, 7) is 0.455. The van der Waals surface area contributed by atoms with E-state index in [1.54, 1.807) is 30.1 Å².